The number of unbranched alkanes of at least 4 members (excludes halogenated alkanes) is 8. The molecule has 0 rings (SSSR count). The summed E-state index contributed by atoms with van der Waals surface area (Å²) < 4.78 is 33.4. The maximum atomic E-state index is 12.6. The van der Waals surface area contributed by atoms with Gasteiger partial charge in [0.25, 0.3) is 0 Å². The second-order valence-corrected chi connectivity index (χ2v) is 16.3. The van der Waals surface area contributed by atoms with Gasteiger partial charge in [-0.25, -0.2) is 4.57 Å². The Morgan fingerprint density at radius 1 is 0.484 bits per heavy atom. The fraction of sp³-hybridized carbons (Fsp3) is 0.566. The van der Waals surface area contributed by atoms with Crippen molar-refractivity contribution in [3.63, 3.8) is 0 Å². The maximum Gasteiger partial charge on any atom is 0.472 e. The van der Waals surface area contributed by atoms with Crippen LogP contribution in [0.5, 0.6) is 0 Å². The average Bonchev–Trinajstić information content (AvgIpc) is 3.26. The van der Waals surface area contributed by atoms with Gasteiger partial charge < -0.3 is 20.1 Å². The molecule has 0 radical (unpaired) electrons. The predicted octanol–water partition coefficient (Wildman–Crippen LogP) is 14.7. The van der Waals surface area contributed by atoms with E-state index in [9.17, 15) is 14.3 Å². The molecule has 0 aromatic carbocycles. The molecule has 0 aliphatic carbocycles. The Bertz CT molecular complexity index is 1400. The lowest BCUT2D eigenvalue weighted by molar-refractivity contribution is -0.154. The highest BCUT2D eigenvalue weighted by atomic mass is 31.2. The maximum absolute atomic E-state index is 12.6. The number of esters is 1. The van der Waals surface area contributed by atoms with E-state index in [0.717, 1.165) is 103 Å². The monoisotopic (exact) mass is 880 g/mol. The van der Waals surface area contributed by atoms with Crippen LogP contribution in [0.1, 0.15) is 155 Å². The van der Waals surface area contributed by atoms with Gasteiger partial charge in [-0.3, -0.25) is 13.8 Å². The van der Waals surface area contributed by atoms with Crippen LogP contribution in [0.4, 0.5) is 0 Å². The first-order valence-electron chi connectivity index (χ1n) is 23.7. The molecule has 0 aromatic rings. The van der Waals surface area contributed by atoms with E-state index in [0.29, 0.717) is 13.0 Å². The number of carbonyl (C=O) groups is 1. The molecule has 0 fully saturated rings. The first kappa shape index (κ1) is 58.6. The first-order valence-corrected chi connectivity index (χ1v) is 25.2. The van der Waals surface area contributed by atoms with Crippen LogP contribution in [0.3, 0.4) is 0 Å². The van der Waals surface area contributed by atoms with E-state index < -0.39 is 19.9 Å². The third-order valence-corrected chi connectivity index (χ3v) is 10.0. The summed E-state index contributed by atoms with van der Waals surface area (Å²) in [5.74, 6) is -0.398. The van der Waals surface area contributed by atoms with Gasteiger partial charge in [-0.2, -0.15) is 0 Å². The van der Waals surface area contributed by atoms with Crippen molar-refractivity contribution in [3.8, 4) is 0 Å². The number of carbonyl (C=O) groups excluding carboxylic acids is 1. The van der Waals surface area contributed by atoms with Crippen molar-refractivity contribution >= 4 is 13.8 Å². The molecule has 3 N–H and O–H groups in total. The molecule has 350 valence electrons. The van der Waals surface area contributed by atoms with Crippen molar-refractivity contribution in [2.24, 2.45) is 5.73 Å². The molecule has 9 heteroatoms. The smallest absolute Gasteiger partial charge is 0.457 e. The summed E-state index contributed by atoms with van der Waals surface area (Å²) >= 11 is 0. The molecule has 0 saturated carbocycles. The van der Waals surface area contributed by atoms with E-state index in [1.54, 1.807) is 0 Å². The van der Waals surface area contributed by atoms with Crippen LogP contribution in [-0.4, -0.2) is 49.9 Å². The summed E-state index contributed by atoms with van der Waals surface area (Å²) in [6, 6.07) is 0. The van der Waals surface area contributed by atoms with E-state index >= 15 is 0 Å². The van der Waals surface area contributed by atoms with Crippen LogP contribution < -0.4 is 5.73 Å². The highest BCUT2D eigenvalue weighted by molar-refractivity contribution is 7.47. The summed E-state index contributed by atoms with van der Waals surface area (Å²) in [5, 5.41) is 0. The van der Waals surface area contributed by atoms with Crippen molar-refractivity contribution in [2.75, 3.05) is 33.0 Å². The van der Waals surface area contributed by atoms with Crippen LogP contribution in [-0.2, 0) is 27.9 Å². The number of rotatable bonds is 43. The lowest BCUT2D eigenvalue weighted by atomic mass is 10.1. The molecular weight excluding hydrogens is 794 g/mol. The highest BCUT2D eigenvalue weighted by Gasteiger charge is 2.25. The lowest BCUT2D eigenvalue weighted by Gasteiger charge is -2.20. The van der Waals surface area contributed by atoms with Crippen LogP contribution >= 0.6 is 7.82 Å². The van der Waals surface area contributed by atoms with Crippen LogP contribution in [0.2, 0.25) is 0 Å². The Morgan fingerprint density at radius 3 is 1.27 bits per heavy atom. The Hall–Kier alpha value is -3.36. The molecule has 0 amide bonds. The number of phosphoric acid groups is 1. The molecule has 8 nitrogen and oxygen atoms in total. The van der Waals surface area contributed by atoms with Gasteiger partial charge in [-0.1, -0.05) is 180 Å². The highest BCUT2D eigenvalue weighted by Crippen LogP contribution is 2.43. The van der Waals surface area contributed by atoms with E-state index in [1.807, 2.05) is 0 Å². The minimum absolute atomic E-state index is 0.0752. The van der Waals surface area contributed by atoms with Crippen molar-refractivity contribution < 1.29 is 32.8 Å². The van der Waals surface area contributed by atoms with Gasteiger partial charge in [-0.05, 0) is 103 Å². The molecule has 0 bridgehead atoms. The number of nitrogens with two attached hydrogens (primary N) is 1. The summed E-state index contributed by atoms with van der Waals surface area (Å²) in [4.78, 5) is 22.5. The van der Waals surface area contributed by atoms with E-state index in [1.165, 1.54) is 25.7 Å². The Kier molecular flexibility index (Phi) is 46.0. The standard InChI is InChI=1S/C53H86NO7P/c1-3-5-7-9-11-13-15-17-19-21-23-25-26-27-28-30-32-34-36-38-40-42-44-46-53(55)61-52(51-60-62(56,57)59-49-47-54)50-58-48-45-43-41-39-37-35-33-31-29-24-22-20-18-16-14-12-10-8-6-4-2/h5-8,11-14,17-20,23-25,27-29,32,34,38,40,52H,3-4,9-10,15-16,21-22,26,30-31,33,35-37,39,41-51,54H2,1-2H3,(H,56,57)/b7-5-,8-6-,13-11-,14-12-,19-17-,20-18-,25-23-,28-27-,29-24-,34-32-,40-38-. The van der Waals surface area contributed by atoms with Crippen LogP contribution in [0.25, 0.3) is 0 Å². The van der Waals surface area contributed by atoms with Gasteiger partial charge >= 0.3 is 13.8 Å². The third-order valence-electron chi connectivity index (χ3n) is 9.06. The Labute approximate surface area is 378 Å². The predicted molar refractivity (Wildman–Crippen MR) is 265 cm³/mol. The van der Waals surface area contributed by atoms with Crippen LogP contribution in [0, 0.1) is 0 Å². The quantitative estimate of drug-likeness (QED) is 0.0269. The molecule has 0 aromatic heterocycles. The molecule has 2 unspecified atom stereocenters. The number of hydrogen-bond acceptors (Lipinski definition) is 7. The van der Waals surface area contributed by atoms with Gasteiger partial charge in [0, 0.05) is 19.6 Å². The molecular formula is C53H86NO7P. The minimum Gasteiger partial charge on any atom is -0.457 e. The lowest BCUT2D eigenvalue weighted by Crippen LogP contribution is -2.28. The number of ether oxygens (including phenoxy) is 2. The third kappa shape index (κ3) is 47.7. The number of hydrogen-bond donors (Lipinski definition) is 2. The molecule has 0 heterocycles. The zero-order chi connectivity index (χ0) is 45.1. The summed E-state index contributed by atoms with van der Waals surface area (Å²) in [7, 11) is -4.31. The average molecular weight is 880 g/mol. The molecule has 0 aliphatic rings. The zero-order valence-corrected chi connectivity index (χ0v) is 39.7. The SMILES string of the molecule is CC/C=C\C/C=C\C/C=C\C/C=C\C/C=C\C/C=C\C/C=C\CCCC(=O)OC(COCCCCCCCCC/C=C\C/C=C\C/C=C\C/C=C\CC)COP(=O)(O)OCCN. The molecule has 0 spiro atoms. The van der Waals surface area contributed by atoms with E-state index in [2.05, 4.69) is 148 Å². The minimum atomic E-state index is -4.31. The van der Waals surface area contributed by atoms with Crippen LogP contribution in [0.15, 0.2) is 134 Å². The van der Waals surface area contributed by atoms with Gasteiger partial charge in [0.2, 0.25) is 0 Å². The fourth-order valence-corrected chi connectivity index (χ4v) is 6.45. The first-order chi connectivity index (χ1) is 30.4. The van der Waals surface area contributed by atoms with Crippen molar-refractivity contribution in [2.45, 2.75) is 161 Å². The Balaban J connectivity index is 4.17. The summed E-state index contributed by atoms with van der Waals surface area (Å²) in [6.07, 6.45) is 69.1. The normalized spacial score (nSPS) is 14.6. The molecule has 0 saturated heterocycles. The fourth-order valence-electron chi connectivity index (χ4n) is 5.68. The topological polar surface area (TPSA) is 117 Å². The number of allylic oxidation sites excluding steroid dienone is 22. The largest absolute Gasteiger partial charge is 0.472 e. The molecule has 62 heavy (non-hydrogen) atoms. The van der Waals surface area contributed by atoms with Crippen molar-refractivity contribution in [1.29, 1.82) is 0 Å². The summed E-state index contributed by atoms with van der Waals surface area (Å²) in [6.45, 7) is 4.55. The van der Waals surface area contributed by atoms with E-state index in [4.69, 9.17) is 24.3 Å². The van der Waals surface area contributed by atoms with E-state index in [-0.39, 0.29) is 32.8 Å². The van der Waals surface area contributed by atoms with Gasteiger partial charge in [0.1, 0.15) is 6.10 Å². The van der Waals surface area contributed by atoms with Gasteiger partial charge in [0.15, 0.2) is 0 Å². The van der Waals surface area contributed by atoms with Crippen molar-refractivity contribution in [3.05, 3.63) is 134 Å². The van der Waals surface area contributed by atoms with Gasteiger partial charge in [0.05, 0.1) is 19.8 Å². The molecule has 2 atom stereocenters. The van der Waals surface area contributed by atoms with Crippen molar-refractivity contribution in [1.82, 2.24) is 0 Å². The van der Waals surface area contributed by atoms with Gasteiger partial charge in [-0.15, -0.1) is 0 Å². The molecule has 0 aliphatic heterocycles. The second kappa shape index (κ2) is 48.7. The summed E-state index contributed by atoms with van der Waals surface area (Å²) in [5.41, 5.74) is 5.38. The second-order valence-electron chi connectivity index (χ2n) is 14.9. The zero-order valence-electron chi connectivity index (χ0n) is 38.8. The number of phosphoric ester groups is 1. The Morgan fingerprint density at radius 2 is 0.855 bits per heavy atom.